The van der Waals surface area contributed by atoms with Crippen molar-refractivity contribution in [2.45, 2.75) is 13.1 Å². The highest BCUT2D eigenvalue weighted by molar-refractivity contribution is 6.08. The van der Waals surface area contributed by atoms with Gasteiger partial charge in [0.25, 0.3) is 5.91 Å². The number of carbonyl (C=O) groups is 1. The second kappa shape index (κ2) is 5.44. The molecular weight excluding hydrogens is 289 g/mol. The topological polar surface area (TPSA) is 93.2 Å². The molecule has 1 aromatic heterocycles. The summed E-state index contributed by atoms with van der Waals surface area (Å²) >= 11 is 0. The number of rotatable bonds is 3. The summed E-state index contributed by atoms with van der Waals surface area (Å²) in [6.07, 6.45) is -4.64. The Kier molecular flexibility index (Phi) is 3.85. The number of hydrogen-bond acceptors (Lipinski definition) is 5. The highest BCUT2D eigenvalue weighted by Gasteiger charge is 2.35. The van der Waals surface area contributed by atoms with Gasteiger partial charge in [-0.15, -0.1) is 0 Å². The molecule has 0 atom stereocenters. The average molecular weight is 300 g/mol. The predicted molar refractivity (Wildman–Crippen MR) is 68.4 cm³/mol. The lowest BCUT2D eigenvalue weighted by atomic mass is 10.1. The summed E-state index contributed by atoms with van der Waals surface area (Å²) in [7, 11) is 0. The summed E-state index contributed by atoms with van der Waals surface area (Å²) in [5.74, 6) is 4.88. The average Bonchev–Trinajstić information content (AvgIpc) is 2.82. The SMILES string of the molecule is Cc1cc(NC(=O)c2cccc(C(F)(F)F)c2NN)no1. The Bertz CT molecular complexity index is 667. The monoisotopic (exact) mass is 300 g/mol. The molecule has 0 saturated carbocycles. The van der Waals surface area contributed by atoms with E-state index in [4.69, 9.17) is 10.4 Å². The van der Waals surface area contributed by atoms with E-state index in [0.29, 0.717) is 5.76 Å². The summed E-state index contributed by atoms with van der Waals surface area (Å²) in [6, 6.07) is 4.59. The molecule has 0 bridgehead atoms. The van der Waals surface area contributed by atoms with E-state index in [1.54, 1.807) is 6.92 Å². The minimum absolute atomic E-state index is 0.0953. The fourth-order valence-corrected chi connectivity index (χ4v) is 1.74. The maximum Gasteiger partial charge on any atom is 0.418 e. The van der Waals surface area contributed by atoms with E-state index in [2.05, 4.69) is 10.5 Å². The Labute approximate surface area is 117 Å². The van der Waals surface area contributed by atoms with Gasteiger partial charge in [-0.05, 0) is 19.1 Å². The van der Waals surface area contributed by atoms with Gasteiger partial charge in [-0.3, -0.25) is 10.6 Å². The van der Waals surface area contributed by atoms with E-state index in [1.165, 1.54) is 12.1 Å². The van der Waals surface area contributed by atoms with Crippen LogP contribution < -0.4 is 16.6 Å². The van der Waals surface area contributed by atoms with Gasteiger partial charge < -0.3 is 15.3 Å². The third kappa shape index (κ3) is 3.14. The first-order chi connectivity index (χ1) is 9.82. The number of nitrogens with two attached hydrogens (primary N) is 1. The van der Waals surface area contributed by atoms with E-state index in [-0.39, 0.29) is 11.4 Å². The maximum absolute atomic E-state index is 12.9. The fraction of sp³-hybridized carbons (Fsp3) is 0.167. The normalized spacial score (nSPS) is 11.3. The van der Waals surface area contributed by atoms with E-state index in [0.717, 1.165) is 12.1 Å². The van der Waals surface area contributed by atoms with E-state index < -0.39 is 23.3 Å². The van der Waals surface area contributed by atoms with Crippen molar-refractivity contribution < 1.29 is 22.5 Å². The number of alkyl halides is 3. The first-order valence-electron chi connectivity index (χ1n) is 5.74. The Balaban J connectivity index is 2.37. The van der Waals surface area contributed by atoms with Gasteiger partial charge in [0.15, 0.2) is 5.82 Å². The zero-order valence-electron chi connectivity index (χ0n) is 10.8. The smallest absolute Gasteiger partial charge is 0.360 e. The molecule has 9 heteroatoms. The van der Waals surface area contributed by atoms with Crippen LogP contribution in [0.5, 0.6) is 0 Å². The minimum atomic E-state index is -4.64. The molecule has 0 aliphatic heterocycles. The summed E-state index contributed by atoms with van der Waals surface area (Å²) < 4.78 is 43.3. The number of hydrazine groups is 1. The van der Waals surface area contributed by atoms with Crippen LogP contribution in [0.4, 0.5) is 24.7 Å². The summed E-state index contributed by atoms with van der Waals surface area (Å²) in [6.45, 7) is 1.61. The van der Waals surface area contributed by atoms with Crippen molar-refractivity contribution in [3.63, 3.8) is 0 Å². The number of anilines is 2. The first kappa shape index (κ1) is 14.9. The van der Waals surface area contributed by atoms with Gasteiger partial charge in [0, 0.05) is 6.07 Å². The third-order valence-electron chi connectivity index (χ3n) is 2.63. The quantitative estimate of drug-likeness (QED) is 0.598. The molecule has 6 nitrogen and oxygen atoms in total. The standard InChI is InChI=1S/C12H11F3N4O2/c1-6-5-9(19-21-6)17-11(20)7-3-2-4-8(10(7)18-16)12(13,14)15/h2-5,18H,16H2,1H3,(H,17,19,20). The predicted octanol–water partition coefficient (Wildman–Crippen LogP) is 2.54. The van der Waals surface area contributed by atoms with Gasteiger partial charge in [0.2, 0.25) is 0 Å². The molecule has 21 heavy (non-hydrogen) atoms. The number of halogens is 3. The van der Waals surface area contributed by atoms with Crippen LogP contribution in [-0.4, -0.2) is 11.1 Å². The van der Waals surface area contributed by atoms with Crippen molar-refractivity contribution in [1.82, 2.24) is 5.16 Å². The van der Waals surface area contributed by atoms with Crippen LogP contribution in [0.25, 0.3) is 0 Å². The molecule has 0 saturated heterocycles. The fourth-order valence-electron chi connectivity index (χ4n) is 1.74. The Hall–Kier alpha value is -2.55. The van der Waals surface area contributed by atoms with E-state index in [9.17, 15) is 18.0 Å². The summed E-state index contributed by atoms with van der Waals surface area (Å²) in [5.41, 5.74) is 0.117. The molecule has 0 radical (unpaired) electrons. The Morgan fingerprint density at radius 3 is 2.62 bits per heavy atom. The van der Waals surface area contributed by atoms with Crippen molar-refractivity contribution in [2.24, 2.45) is 5.84 Å². The van der Waals surface area contributed by atoms with Crippen molar-refractivity contribution in [3.8, 4) is 0 Å². The van der Waals surface area contributed by atoms with Crippen molar-refractivity contribution in [2.75, 3.05) is 10.7 Å². The van der Waals surface area contributed by atoms with E-state index in [1.807, 2.05) is 5.43 Å². The van der Waals surface area contributed by atoms with Crippen LogP contribution in [0.3, 0.4) is 0 Å². The maximum atomic E-state index is 12.9. The molecule has 2 aromatic rings. The highest BCUT2D eigenvalue weighted by Crippen LogP contribution is 2.36. The molecule has 1 heterocycles. The minimum Gasteiger partial charge on any atom is -0.360 e. The van der Waals surface area contributed by atoms with Crippen LogP contribution in [0.1, 0.15) is 21.7 Å². The van der Waals surface area contributed by atoms with Gasteiger partial charge in [0.05, 0.1) is 16.8 Å². The van der Waals surface area contributed by atoms with Gasteiger partial charge in [0.1, 0.15) is 5.76 Å². The van der Waals surface area contributed by atoms with Gasteiger partial charge in [-0.1, -0.05) is 11.2 Å². The number of carbonyl (C=O) groups excluding carboxylic acids is 1. The molecule has 0 spiro atoms. The zero-order chi connectivity index (χ0) is 15.6. The number of nitrogens with one attached hydrogen (secondary N) is 2. The number of aryl methyl sites for hydroxylation is 1. The molecule has 1 amide bonds. The molecule has 4 N–H and O–H groups in total. The van der Waals surface area contributed by atoms with Crippen molar-refractivity contribution >= 4 is 17.4 Å². The lowest BCUT2D eigenvalue weighted by Gasteiger charge is -2.15. The molecule has 0 fully saturated rings. The molecule has 112 valence electrons. The van der Waals surface area contributed by atoms with Crippen molar-refractivity contribution in [1.29, 1.82) is 0 Å². The summed E-state index contributed by atoms with van der Waals surface area (Å²) in [4.78, 5) is 12.0. The van der Waals surface area contributed by atoms with E-state index >= 15 is 0 Å². The lowest BCUT2D eigenvalue weighted by molar-refractivity contribution is -0.137. The van der Waals surface area contributed by atoms with Crippen LogP contribution in [0, 0.1) is 6.92 Å². The number of para-hydroxylation sites is 1. The Morgan fingerprint density at radius 1 is 1.38 bits per heavy atom. The van der Waals surface area contributed by atoms with Gasteiger partial charge >= 0.3 is 6.18 Å². The van der Waals surface area contributed by atoms with Crippen LogP contribution in [-0.2, 0) is 6.18 Å². The number of benzene rings is 1. The van der Waals surface area contributed by atoms with Gasteiger partial charge in [-0.2, -0.15) is 13.2 Å². The zero-order valence-corrected chi connectivity index (χ0v) is 10.8. The number of nitrogen functional groups attached to an aromatic ring is 1. The number of nitrogens with zero attached hydrogens (tertiary/aromatic N) is 1. The number of amides is 1. The Morgan fingerprint density at radius 2 is 2.10 bits per heavy atom. The number of hydrogen-bond donors (Lipinski definition) is 3. The lowest BCUT2D eigenvalue weighted by Crippen LogP contribution is -2.21. The van der Waals surface area contributed by atoms with Gasteiger partial charge in [-0.25, -0.2) is 0 Å². The second-order valence-electron chi connectivity index (χ2n) is 4.15. The van der Waals surface area contributed by atoms with Crippen LogP contribution in [0.2, 0.25) is 0 Å². The largest absolute Gasteiger partial charge is 0.418 e. The molecular formula is C12H11F3N4O2. The highest BCUT2D eigenvalue weighted by atomic mass is 19.4. The van der Waals surface area contributed by atoms with Crippen molar-refractivity contribution in [3.05, 3.63) is 41.2 Å². The number of aromatic nitrogens is 1. The summed E-state index contributed by atoms with van der Waals surface area (Å²) in [5, 5.41) is 5.85. The molecule has 0 aliphatic carbocycles. The van der Waals surface area contributed by atoms with Crippen LogP contribution in [0.15, 0.2) is 28.8 Å². The molecule has 0 aliphatic rings. The molecule has 0 unspecified atom stereocenters. The molecule has 2 rings (SSSR count). The third-order valence-corrected chi connectivity index (χ3v) is 2.63. The first-order valence-corrected chi connectivity index (χ1v) is 5.74. The molecule has 1 aromatic carbocycles. The second-order valence-corrected chi connectivity index (χ2v) is 4.15. The van der Waals surface area contributed by atoms with Crippen LogP contribution >= 0.6 is 0 Å².